The van der Waals surface area contributed by atoms with Crippen LogP contribution in [-0.2, 0) is 0 Å². The van der Waals surface area contributed by atoms with Gasteiger partial charge in [0.2, 0.25) is 0 Å². The van der Waals surface area contributed by atoms with Gasteiger partial charge in [0.1, 0.15) is 0 Å². The van der Waals surface area contributed by atoms with Crippen molar-refractivity contribution >= 4 is 0 Å². The van der Waals surface area contributed by atoms with Gasteiger partial charge in [0.05, 0.1) is 11.7 Å². The van der Waals surface area contributed by atoms with Crippen molar-refractivity contribution in [3.8, 4) is 0 Å². The van der Waals surface area contributed by atoms with Gasteiger partial charge in [0.15, 0.2) is 0 Å². The van der Waals surface area contributed by atoms with E-state index >= 15 is 0 Å². The number of hydrogen-bond donors (Lipinski definition) is 4. The van der Waals surface area contributed by atoms with Gasteiger partial charge in [-0.3, -0.25) is 0 Å². The van der Waals surface area contributed by atoms with Gasteiger partial charge in [0, 0.05) is 19.1 Å². The van der Waals surface area contributed by atoms with Crippen LogP contribution in [0.25, 0.3) is 0 Å². The van der Waals surface area contributed by atoms with E-state index in [9.17, 15) is 10.2 Å². The van der Waals surface area contributed by atoms with Gasteiger partial charge in [-0.25, -0.2) is 0 Å². The molecule has 0 aliphatic carbocycles. The Kier molecular flexibility index (Phi) is 6.27. The largest absolute Gasteiger partial charge is 0.396 e. The number of aliphatic hydroxyl groups is 4. The van der Waals surface area contributed by atoms with E-state index in [1.165, 1.54) is 6.92 Å². The molecule has 0 saturated heterocycles. The fourth-order valence-electron chi connectivity index (χ4n) is 1.25. The molecule has 4 nitrogen and oxygen atoms in total. The maximum absolute atomic E-state index is 9.88. The highest BCUT2D eigenvalue weighted by molar-refractivity contribution is 4.86. The Hall–Kier alpha value is -0.160. The number of rotatable bonds is 7. The lowest BCUT2D eigenvalue weighted by molar-refractivity contribution is -0.110. The van der Waals surface area contributed by atoms with Crippen LogP contribution in [0.15, 0.2) is 0 Å². The molecule has 0 aromatic carbocycles. The summed E-state index contributed by atoms with van der Waals surface area (Å²) in [7, 11) is 0. The van der Waals surface area contributed by atoms with Crippen molar-refractivity contribution < 1.29 is 20.4 Å². The fourth-order valence-corrected chi connectivity index (χ4v) is 1.25. The Morgan fingerprint density at radius 1 is 1.21 bits per heavy atom. The van der Waals surface area contributed by atoms with Crippen molar-refractivity contribution in [2.24, 2.45) is 5.92 Å². The van der Waals surface area contributed by atoms with Gasteiger partial charge in [-0.05, 0) is 26.2 Å². The number of unbranched alkanes of at least 4 members (excludes halogenated alkanes) is 1. The second kappa shape index (κ2) is 6.35. The van der Waals surface area contributed by atoms with E-state index in [-0.39, 0.29) is 19.1 Å². The van der Waals surface area contributed by atoms with E-state index in [2.05, 4.69) is 0 Å². The predicted octanol–water partition coefficient (Wildman–Crippen LogP) is -0.111. The molecule has 0 amide bonds. The summed E-state index contributed by atoms with van der Waals surface area (Å²) in [6, 6.07) is 0. The molecule has 0 radical (unpaired) electrons. The monoisotopic (exact) mass is 206 g/mol. The highest BCUT2D eigenvalue weighted by Gasteiger charge is 2.35. The van der Waals surface area contributed by atoms with E-state index in [4.69, 9.17) is 10.2 Å². The van der Waals surface area contributed by atoms with Crippen molar-refractivity contribution in [1.29, 1.82) is 0 Å². The van der Waals surface area contributed by atoms with Crippen LogP contribution >= 0.6 is 0 Å². The first kappa shape index (κ1) is 13.8. The minimum atomic E-state index is -1.26. The SMILES string of the molecule is CC(CO)C(C)(O)C(O)CCCCO. The molecule has 0 rings (SSSR count). The van der Waals surface area contributed by atoms with Gasteiger partial charge in [-0.1, -0.05) is 6.92 Å². The average Bonchev–Trinajstić information content (AvgIpc) is 2.16. The zero-order valence-corrected chi connectivity index (χ0v) is 8.98. The molecule has 4 heteroatoms. The van der Waals surface area contributed by atoms with Crippen molar-refractivity contribution in [3.63, 3.8) is 0 Å². The average molecular weight is 206 g/mol. The third-order valence-electron chi connectivity index (χ3n) is 2.83. The van der Waals surface area contributed by atoms with Gasteiger partial charge >= 0.3 is 0 Å². The summed E-state index contributed by atoms with van der Waals surface area (Å²) in [4.78, 5) is 0. The quantitative estimate of drug-likeness (QED) is 0.438. The second-order valence-corrected chi connectivity index (χ2v) is 4.04. The molecule has 14 heavy (non-hydrogen) atoms. The molecule has 0 fully saturated rings. The minimum Gasteiger partial charge on any atom is -0.396 e. The maximum atomic E-state index is 9.88. The first-order chi connectivity index (χ1) is 6.46. The highest BCUT2D eigenvalue weighted by Crippen LogP contribution is 2.23. The highest BCUT2D eigenvalue weighted by atomic mass is 16.3. The van der Waals surface area contributed by atoms with Crippen LogP contribution in [0, 0.1) is 5.92 Å². The zero-order valence-electron chi connectivity index (χ0n) is 8.98. The topological polar surface area (TPSA) is 80.9 Å². The predicted molar refractivity (Wildman–Crippen MR) is 53.8 cm³/mol. The van der Waals surface area contributed by atoms with Crippen LogP contribution in [0.5, 0.6) is 0 Å². The minimum absolute atomic E-state index is 0.102. The summed E-state index contributed by atoms with van der Waals surface area (Å²) in [6.07, 6.45) is 0.890. The van der Waals surface area contributed by atoms with Gasteiger partial charge < -0.3 is 20.4 Å². The molecule has 86 valence electrons. The lowest BCUT2D eigenvalue weighted by Crippen LogP contribution is -2.46. The van der Waals surface area contributed by atoms with Crippen LogP contribution in [0.3, 0.4) is 0 Å². The van der Waals surface area contributed by atoms with E-state index in [0.717, 1.165) is 0 Å². The normalized spacial score (nSPS) is 20.1. The second-order valence-electron chi connectivity index (χ2n) is 4.04. The Labute approximate surface area is 85.2 Å². The summed E-state index contributed by atoms with van der Waals surface area (Å²) in [6.45, 7) is 3.17. The lowest BCUT2D eigenvalue weighted by atomic mass is 9.84. The molecule has 0 bridgehead atoms. The van der Waals surface area contributed by atoms with Crippen LogP contribution in [-0.4, -0.2) is 45.3 Å². The summed E-state index contributed by atoms with van der Waals surface area (Å²) in [5.41, 5.74) is -1.26. The summed E-state index contributed by atoms with van der Waals surface area (Å²) >= 11 is 0. The third-order valence-corrected chi connectivity index (χ3v) is 2.83. The summed E-state index contributed by atoms with van der Waals surface area (Å²) in [5.74, 6) is -0.355. The zero-order chi connectivity index (χ0) is 11.2. The molecule has 0 aliphatic heterocycles. The molecule has 0 aromatic heterocycles. The molecule has 3 atom stereocenters. The van der Waals surface area contributed by atoms with E-state index in [0.29, 0.717) is 19.3 Å². The van der Waals surface area contributed by atoms with E-state index in [1.807, 2.05) is 0 Å². The van der Waals surface area contributed by atoms with Crippen molar-refractivity contribution in [2.75, 3.05) is 13.2 Å². The van der Waals surface area contributed by atoms with Crippen molar-refractivity contribution in [3.05, 3.63) is 0 Å². The molecule has 4 N–H and O–H groups in total. The molecule has 0 saturated carbocycles. The maximum Gasteiger partial charge on any atom is 0.0924 e. The number of aliphatic hydroxyl groups excluding tert-OH is 3. The Balaban J connectivity index is 4.00. The first-order valence-electron chi connectivity index (χ1n) is 5.09. The standard InChI is InChI=1S/C10H22O4/c1-8(7-12)10(2,14)9(13)5-3-4-6-11/h8-9,11-14H,3-7H2,1-2H3. The van der Waals surface area contributed by atoms with Crippen LogP contribution in [0.4, 0.5) is 0 Å². The fraction of sp³-hybridized carbons (Fsp3) is 1.00. The molecular weight excluding hydrogens is 184 g/mol. The third kappa shape index (κ3) is 3.92. The molecule has 0 heterocycles. The Morgan fingerprint density at radius 3 is 2.21 bits per heavy atom. The first-order valence-corrected chi connectivity index (χ1v) is 5.09. The van der Waals surface area contributed by atoms with Crippen LogP contribution < -0.4 is 0 Å². The van der Waals surface area contributed by atoms with Gasteiger partial charge in [0.25, 0.3) is 0 Å². The van der Waals surface area contributed by atoms with Crippen LogP contribution in [0.2, 0.25) is 0 Å². The summed E-state index contributed by atoms with van der Waals surface area (Å²) in [5, 5.41) is 37.0. The molecule has 3 unspecified atom stereocenters. The smallest absolute Gasteiger partial charge is 0.0924 e. The Bertz CT molecular complexity index is 147. The molecule has 0 spiro atoms. The van der Waals surface area contributed by atoms with Crippen molar-refractivity contribution in [1.82, 2.24) is 0 Å². The molecular formula is C10H22O4. The van der Waals surface area contributed by atoms with E-state index < -0.39 is 11.7 Å². The van der Waals surface area contributed by atoms with Gasteiger partial charge in [-0.2, -0.15) is 0 Å². The number of hydrogen-bond acceptors (Lipinski definition) is 4. The van der Waals surface area contributed by atoms with Crippen molar-refractivity contribution in [2.45, 2.75) is 44.8 Å². The van der Waals surface area contributed by atoms with Crippen LogP contribution in [0.1, 0.15) is 33.1 Å². The lowest BCUT2D eigenvalue weighted by Gasteiger charge is -2.33. The van der Waals surface area contributed by atoms with E-state index in [1.54, 1.807) is 6.92 Å². The Morgan fingerprint density at radius 2 is 1.79 bits per heavy atom. The molecule has 0 aromatic rings. The summed E-state index contributed by atoms with van der Waals surface area (Å²) < 4.78 is 0. The molecule has 0 aliphatic rings. The van der Waals surface area contributed by atoms with Gasteiger partial charge in [-0.15, -0.1) is 0 Å².